The molecule has 4 heteroatoms. The van der Waals surface area contributed by atoms with Crippen molar-refractivity contribution in [3.05, 3.63) is 59.7 Å². The molecule has 0 bridgehead atoms. The molecule has 0 saturated carbocycles. The predicted molar refractivity (Wildman–Crippen MR) is 65.6 cm³/mol. The third kappa shape index (κ3) is 3.55. The van der Waals surface area contributed by atoms with Crippen LogP contribution in [0.1, 0.15) is 11.1 Å². The Labute approximate surface area is 105 Å². The molecule has 2 aromatic carbocycles. The molecule has 0 aliphatic carbocycles. The Balaban J connectivity index is 0.000000184. The van der Waals surface area contributed by atoms with Crippen LogP contribution >= 0.6 is 0 Å². The van der Waals surface area contributed by atoms with Crippen molar-refractivity contribution in [1.82, 2.24) is 0 Å². The maximum absolute atomic E-state index is 8.67. The van der Waals surface area contributed by atoms with Crippen molar-refractivity contribution in [3.63, 3.8) is 0 Å². The highest BCUT2D eigenvalue weighted by Crippen LogP contribution is 2.21. The molecule has 0 heterocycles. The molecule has 0 amide bonds. The average molecular weight is 238 g/mol. The summed E-state index contributed by atoms with van der Waals surface area (Å²) in [5.41, 5.74) is 0.870. The van der Waals surface area contributed by atoms with Gasteiger partial charge in [0.15, 0.2) is 11.5 Å². The summed E-state index contributed by atoms with van der Waals surface area (Å²) < 4.78 is 0. The number of nitriles is 2. The lowest BCUT2D eigenvalue weighted by Gasteiger charge is -1.91. The summed E-state index contributed by atoms with van der Waals surface area (Å²) in [6.07, 6.45) is 0. The summed E-state index contributed by atoms with van der Waals surface area (Å²) in [6, 6.07) is 16.7. The van der Waals surface area contributed by atoms with Crippen molar-refractivity contribution < 1.29 is 10.2 Å². The van der Waals surface area contributed by atoms with E-state index in [-0.39, 0.29) is 11.5 Å². The Kier molecular flexibility index (Phi) is 4.78. The normalized spacial score (nSPS) is 8.33. The SMILES string of the molecule is N#Cc1ccccc1C#N.Oc1ccccc1O. The molecule has 18 heavy (non-hydrogen) atoms. The molecule has 0 aliphatic heterocycles. The van der Waals surface area contributed by atoms with Crippen LogP contribution in [0.3, 0.4) is 0 Å². The first kappa shape index (κ1) is 13.1. The number of benzene rings is 2. The van der Waals surface area contributed by atoms with E-state index >= 15 is 0 Å². The standard InChI is InChI=1S/C8H4N2.C6H6O2/c9-5-7-3-1-2-4-8(7)6-10;7-5-3-1-2-4-6(5)8/h1-4H;1-4,7-8H. The largest absolute Gasteiger partial charge is 0.504 e. The number of nitrogens with zero attached hydrogens (tertiary/aromatic N) is 2. The average Bonchev–Trinajstić information content (AvgIpc) is 2.42. The molecular formula is C14H10N2O2. The second-order valence-electron chi connectivity index (χ2n) is 3.26. The summed E-state index contributed by atoms with van der Waals surface area (Å²) in [5.74, 6) is -0.153. The van der Waals surface area contributed by atoms with Crippen LogP contribution in [0.25, 0.3) is 0 Å². The van der Waals surface area contributed by atoms with Crippen molar-refractivity contribution in [2.45, 2.75) is 0 Å². The first-order valence-corrected chi connectivity index (χ1v) is 5.05. The van der Waals surface area contributed by atoms with E-state index in [2.05, 4.69) is 0 Å². The fraction of sp³-hybridized carbons (Fsp3) is 0. The van der Waals surface area contributed by atoms with E-state index in [1.807, 2.05) is 12.1 Å². The summed E-state index contributed by atoms with van der Waals surface area (Å²) in [5, 5.41) is 34.2. The number of aromatic hydroxyl groups is 2. The van der Waals surface area contributed by atoms with E-state index < -0.39 is 0 Å². The van der Waals surface area contributed by atoms with Gasteiger partial charge in [0.1, 0.15) is 12.1 Å². The van der Waals surface area contributed by atoms with Crippen LogP contribution in [0, 0.1) is 22.7 Å². The van der Waals surface area contributed by atoms with Gasteiger partial charge in [0, 0.05) is 0 Å². The quantitative estimate of drug-likeness (QED) is 0.690. The van der Waals surface area contributed by atoms with Gasteiger partial charge in [-0.25, -0.2) is 0 Å². The Morgan fingerprint density at radius 1 is 0.667 bits per heavy atom. The molecule has 4 nitrogen and oxygen atoms in total. The van der Waals surface area contributed by atoms with Crippen molar-refractivity contribution in [3.8, 4) is 23.6 Å². The zero-order valence-electron chi connectivity index (χ0n) is 9.41. The maximum atomic E-state index is 8.67. The Morgan fingerprint density at radius 3 is 1.28 bits per heavy atom. The van der Waals surface area contributed by atoms with E-state index in [1.54, 1.807) is 36.4 Å². The van der Waals surface area contributed by atoms with Gasteiger partial charge in [-0.05, 0) is 24.3 Å². The number of para-hydroxylation sites is 2. The number of rotatable bonds is 0. The minimum absolute atomic E-state index is 0.0764. The molecule has 2 rings (SSSR count). The zero-order valence-corrected chi connectivity index (χ0v) is 9.41. The molecule has 2 N–H and O–H groups in total. The molecule has 0 saturated heterocycles. The monoisotopic (exact) mass is 238 g/mol. The zero-order chi connectivity index (χ0) is 13.4. The third-order valence-electron chi connectivity index (χ3n) is 2.05. The van der Waals surface area contributed by atoms with Gasteiger partial charge in [-0.15, -0.1) is 0 Å². The maximum Gasteiger partial charge on any atom is 0.157 e. The molecular weight excluding hydrogens is 228 g/mol. The Morgan fingerprint density at radius 2 is 1.00 bits per heavy atom. The minimum atomic E-state index is -0.0764. The van der Waals surface area contributed by atoms with Crippen LogP contribution in [-0.4, -0.2) is 10.2 Å². The summed E-state index contributed by atoms with van der Waals surface area (Å²) in [4.78, 5) is 0. The molecule has 0 unspecified atom stereocenters. The van der Waals surface area contributed by atoms with Crippen LogP contribution in [0.4, 0.5) is 0 Å². The van der Waals surface area contributed by atoms with Crippen LogP contribution in [0.15, 0.2) is 48.5 Å². The van der Waals surface area contributed by atoms with Gasteiger partial charge in [0.05, 0.1) is 11.1 Å². The van der Waals surface area contributed by atoms with Gasteiger partial charge < -0.3 is 10.2 Å². The molecule has 0 radical (unpaired) electrons. The van der Waals surface area contributed by atoms with Crippen LogP contribution < -0.4 is 0 Å². The first-order chi connectivity index (χ1) is 8.69. The van der Waals surface area contributed by atoms with Crippen molar-refractivity contribution >= 4 is 0 Å². The highest BCUT2D eigenvalue weighted by Gasteiger charge is 1.95. The topological polar surface area (TPSA) is 88.0 Å². The van der Waals surface area contributed by atoms with E-state index in [0.29, 0.717) is 11.1 Å². The second kappa shape index (κ2) is 6.57. The molecule has 0 atom stereocenters. The molecule has 0 fully saturated rings. The lowest BCUT2D eigenvalue weighted by atomic mass is 10.1. The van der Waals surface area contributed by atoms with Gasteiger partial charge in [0.2, 0.25) is 0 Å². The van der Waals surface area contributed by atoms with Crippen molar-refractivity contribution in [2.75, 3.05) is 0 Å². The van der Waals surface area contributed by atoms with Gasteiger partial charge in [-0.1, -0.05) is 24.3 Å². The Bertz CT molecular complexity index is 556. The molecule has 0 spiro atoms. The predicted octanol–water partition coefficient (Wildman–Crippen LogP) is 2.53. The minimum Gasteiger partial charge on any atom is -0.504 e. The Hall–Kier alpha value is -2.98. The lowest BCUT2D eigenvalue weighted by Crippen LogP contribution is -1.79. The van der Waals surface area contributed by atoms with Crippen molar-refractivity contribution in [1.29, 1.82) is 10.5 Å². The summed E-state index contributed by atoms with van der Waals surface area (Å²) in [6.45, 7) is 0. The van der Waals surface area contributed by atoms with E-state index in [9.17, 15) is 0 Å². The third-order valence-corrected chi connectivity index (χ3v) is 2.05. The summed E-state index contributed by atoms with van der Waals surface area (Å²) in [7, 11) is 0. The number of hydrogen-bond donors (Lipinski definition) is 2. The van der Waals surface area contributed by atoms with Gasteiger partial charge in [-0.3, -0.25) is 0 Å². The van der Waals surface area contributed by atoms with Crippen LogP contribution in [0.5, 0.6) is 11.5 Å². The highest BCUT2D eigenvalue weighted by molar-refractivity contribution is 5.44. The molecule has 2 aromatic rings. The number of phenolic OH excluding ortho intramolecular Hbond substituents is 2. The smallest absolute Gasteiger partial charge is 0.157 e. The van der Waals surface area contributed by atoms with Crippen LogP contribution in [0.2, 0.25) is 0 Å². The fourth-order valence-corrected chi connectivity index (χ4v) is 1.14. The van der Waals surface area contributed by atoms with Gasteiger partial charge in [0.25, 0.3) is 0 Å². The first-order valence-electron chi connectivity index (χ1n) is 5.05. The lowest BCUT2D eigenvalue weighted by molar-refractivity contribution is 0.404. The highest BCUT2D eigenvalue weighted by atomic mass is 16.3. The molecule has 0 aliphatic rings. The number of phenols is 2. The van der Waals surface area contributed by atoms with Crippen molar-refractivity contribution in [2.24, 2.45) is 0 Å². The van der Waals surface area contributed by atoms with E-state index in [1.165, 1.54) is 12.1 Å². The van der Waals surface area contributed by atoms with Gasteiger partial charge in [-0.2, -0.15) is 10.5 Å². The van der Waals surface area contributed by atoms with Gasteiger partial charge >= 0.3 is 0 Å². The molecule has 0 aromatic heterocycles. The van der Waals surface area contributed by atoms with E-state index in [0.717, 1.165) is 0 Å². The second-order valence-corrected chi connectivity index (χ2v) is 3.26. The molecule has 88 valence electrons. The van der Waals surface area contributed by atoms with Crippen LogP contribution in [-0.2, 0) is 0 Å². The fourth-order valence-electron chi connectivity index (χ4n) is 1.14. The van der Waals surface area contributed by atoms with E-state index in [4.69, 9.17) is 20.7 Å². The summed E-state index contributed by atoms with van der Waals surface area (Å²) >= 11 is 0. The number of hydrogen-bond acceptors (Lipinski definition) is 4.